The minimum Gasteiger partial charge on any atom is -0.469 e. The SMILES string of the molecule is COC(=O)C[C@@H]1CC[C@H]1NC(=O)OC(C)(C)C. The molecule has 0 heterocycles. The van der Waals surface area contributed by atoms with Gasteiger partial charge < -0.3 is 14.8 Å². The predicted octanol–water partition coefficient (Wildman–Crippen LogP) is 1.85. The molecule has 0 aliphatic heterocycles. The second kappa shape index (κ2) is 5.38. The molecular formula is C12H21NO4. The Bertz CT molecular complexity index is 295. The fourth-order valence-corrected chi connectivity index (χ4v) is 1.76. The maximum Gasteiger partial charge on any atom is 0.407 e. The van der Waals surface area contributed by atoms with E-state index in [1.807, 2.05) is 20.8 Å². The van der Waals surface area contributed by atoms with Gasteiger partial charge in [0.05, 0.1) is 13.5 Å². The third kappa shape index (κ3) is 4.63. The van der Waals surface area contributed by atoms with Crippen LogP contribution in [0.15, 0.2) is 0 Å². The highest BCUT2D eigenvalue weighted by Crippen LogP contribution is 2.30. The molecule has 2 atom stereocenters. The van der Waals surface area contributed by atoms with Crippen molar-refractivity contribution in [2.24, 2.45) is 5.92 Å². The summed E-state index contributed by atoms with van der Waals surface area (Å²) in [7, 11) is 1.37. The molecule has 1 saturated carbocycles. The molecule has 5 heteroatoms. The zero-order chi connectivity index (χ0) is 13.1. The normalized spacial score (nSPS) is 23.5. The predicted molar refractivity (Wildman–Crippen MR) is 62.5 cm³/mol. The summed E-state index contributed by atoms with van der Waals surface area (Å²) in [5, 5.41) is 2.78. The Morgan fingerprint density at radius 3 is 2.35 bits per heavy atom. The van der Waals surface area contributed by atoms with Crippen molar-refractivity contribution in [3.8, 4) is 0 Å². The highest BCUT2D eigenvalue weighted by Gasteiger charge is 2.34. The molecule has 1 aliphatic rings. The summed E-state index contributed by atoms with van der Waals surface area (Å²) in [6.07, 6.45) is 1.77. The van der Waals surface area contributed by atoms with Crippen LogP contribution < -0.4 is 5.32 Å². The molecule has 0 aromatic rings. The van der Waals surface area contributed by atoms with Gasteiger partial charge in [-0.05, 0) is 39.5 Å². The lowest BCUT2D eigenvalue weighted by Crippen LogP contribution is -2.49. The van der Waals surface area contributed by atoms with Crippen LogP contribution in [0.4, 0.5) is 4.79 Å². The zero-order valence-corrected chi connectivity index (χ0v) is 10.9. The number of methoxy groups -OCH3 is 1. The van der Waals surface area contributed by atoms with E-state index in [1.54, 1.807) is 0 Å². The minimum atomic E-state index is -0.494. The summed E-state index contributed by atoms with van der Waals surface area (Å²) >= 11 is 0. The lowest BCUT2D eigenvalue weighted by Gasteiger charge is -2.36. The van der Waals surface area contributed by atoms with Gasteiger partial charge in [0.25, 0.3) is 0 Å². The first-order valence-corrected chi connectivity index (χ1v) is 5.88. The van der Waals surface area contributed by atoms with E-state index < -0.39 is 11.7 Å². The smallest absolute Gasteiger partial charge is 0.407 e. The molecule has 0 aromatic heterocycles. The van der Waals surface area contributed by atoms with E-state index in [0.717, 1.165) is 12.8 Å². The number of esters is 1. The minimum absolute atomic E-state index is 0.0314. The van der Waals surface area contributed by atoms with Crippen LogP contribution in [-0.4, -0.2) is 30.8 Å². The fraction of sp³-hybridized carbons (Fsp3) is 0.833. The number of hydrogen-bond acceptors (Lipinski definition) is 4. The summed E-state index contributed by atoms with van der Waals surface area (Å²) in [6, 6.07) is 0.0314. The van der Waals surface area contributed by atoms with Gasteiger partial charge in [-0.1, -0.05) is 0 Å². The average Bonchev–Trinajstić information content (AvgIpc) is 2.18. The van der Waals surface area contributed by atoms with Gasteiger partial charge in [0, 0.05) is 6.04 Å². The largest absolute Gasteiger partial charge is 0.469 e. The van der Waals surface area contributed by atoms with Crippen LogP contribution in [0, 0.1) is 5.92 Å². The summed E-state index contributed by atoms with van der Waals surface area (Å²) in [6.45, 7) is 5.46. The summed E-state index contributed by atoms with van der Waals surface area (Å²) in [5.74, 6) is -0.0549. The van der Waals surface area contributed by atoms with Gasteiger partial charge in [-0.3, -0.25) is 4.79 Å². The van der Waals surface area contributed by atoms with E-state index >= 15 is 0 Å². The molecule has 1 fully saturated rings. The first-order valence-electron chi connectivity index (χ1n) is 5.88. The highest BCUT2D eigenvalue weighted by atomic mass is 16.6. The summed E-state index contributed by atoms with van der Waals surface area (Å²) in [4.78, 5) is 22.6. The van der Waals surface area contributed by atoms with E-state index in [2.05, 4.69) is 10.1 Å². The second-order valence-electron chi connectivity index (χ2n) is 5.37. The maximum atomic E-state index is 11.5. The van der Waals surface area contributed by atoms with Crippen molar-refractivity contribution in [3.63, 3.8) is 0 Å². The van der Waals surface area contributed by atoms with E-state index in [0.29, 0.717) is 6.42 Å². The third-order valence-electron chi connectivity index (χ3n) is 2.78. The Morgan fingerprint density at radius 1 is 1.29 bits per heavy atom. The number of hydrogen-bond donors (Lipinski definition) is 1. The van der Waals surface area contributed by atoms with Gasteiger partial charge >= 0.3 is 12.1 Å². The Morgan fingerprint density at radius 2 is 1.94 bits per heavy atom. The van der Waals surface area contributed by atoms with Crippen molar-refractivity contribution in [2.75, 3.05) is 7.11 Å². The Labute approximate surface area is 102 Å². The molecule has 1 N–H and O–H groups in total. The monoisotopic (exact) mass is 243 g/mol. The van der Waals surface area contributed by atoms with E-state index in [1.165, 1.54) is 7.11 Å². The molecular weight excluding hydrogens is 222 g/mol. The van der Waals surface area contributed by atoms with Crippen LogP contribution in [-0.2, 0) is 14.3 Å². The molecule has 0 radical (unpaired) electrons. The number of carbonyl (C=O) groups is 2. The van der Waals surface area contributed by atoms with E-state index in [4.69, 9.17) is 4.74 Å². The van der Waals surface area contributed by atoms with Crippen LogP contribution in [0.2, 0.25) is 0 Å². The molecule has 1 amide bonds. The van der Waals surface area contributed by atoms with Gasteiger partial charge in [0.1, 0.15) is 5.60 Å². The molecule has 98 valence electrons. The van der Waals surface area contributed by atoms with Crippen molar-refractivity contribution in [1.82, 2.24) is 5.32 Å². The molecule has 5 nitrogen and oxygen atoms in total. The first kappa shape index (κ1) is 13.8. The Balaban J connectivity index is 2.32. The number of amides is 1. The number of rotatable bonds is 3. The quantitative estimate of drug-likeness (QED) is 0.768. The van der Waals surface area contributed by atoms with Crippen LogP contribution >= 0.6 is 0 Å². The van der Waals surface area contributed by atoms with Crippen molar-refractivity contribution in [2.45, 2.75) is 51.7 Å². The van der Waals surface area contributed by atoms with E-state index in [9.17, 15) is 9.59 Å². The van der Waals surface area contributed by atoms with Crippen molar-refractivity contribution >= 4 is 12.1 Å². The van der Waals surface area contributed by atoms with E-state index in [-0.39, 0.29) is 17.9 Å². The van der Waals surface area contributed by atoms with Crippen LogP contribution in [0.3, 0.4) is 0 Å². The molecule has 0 saturated heterocycles. The van der Waals surface area contributed by atoms with Crippen LogP contribution in [0.1, 0.15) is 40.0 Å². The molecule has 0 unspecified atom stereocenters. The highest BCUT2D eigenvalue weighted by molar-refractivity contribution is 5.71. The molecule has 1 rings (SSSR count). The van der Waals surface area contributed by atoms with Gasteiger partial charge in [-0.25, -0.2) is 4.79 Å². The Hall–Kier alpha value is -1.26. The van der Waals surface area contributed by atoms with Crippen LogP contribution in [0.5, 0.6) is 0 Å². The van der Waals surface area contributed by atoms with Gasteiger partial charge in [-0.2, -0.15) is 0 Å². The average molecular weight is 243 g/mol. The molecule has 1 aliphatic carbocycles. The maximum absolute atomic E-state index is 11.5. The number of nitrogens with one attached hydrogen (secondary N) is 1. The fourth-order valence-electron chi connectivity index (χ4n) is 1.76. The van der Waals surface area contributed by atoms with Gasteiger partial charge in [-0.15, -0.1) is 0 Å². The number of alkyl carbamates (subject to hydrolysis) is 1. The Kier molecular flexibility index (Phi) is 4.37. The molecule has 0 aromatic carbocycles. The third-order valence-corrected chi connectivity index (χ3v) is 2.78. The summed E-state index contributed by atoms with van der Waals surface area (Å²) < 4.78 is 9.77. The lowest BCUT2D eigenvalue weighted by molar-refractivity contribution is -0.142. The second-order valence-corrected chi connectivity index (χ2v) is 5.37. The molecule has 0 bridgehead atoms. The number of ether oxygens (including phenoxy) is 2. The van der Waals surface area contributed by atoms with Crippen LogP contribution in [0.25, 0.3) is 0 Å². The standard InChI is InChI=1S/C12H21NO4/c1-12(2,3)17-11(15)13-9-6-5-8(9)7-10(14)16-4/h8-9H,5-7H2,1-4H3,(H,13,15)/t8-,9+/m0/s1. The molecule has 17 heavy (non-hydrogen) atoms. The lowest BCUT2D eigenvalue weighted by atomic mass is 9.77. The topological polar surface area (TPSA) is 64.6 Å². The zero-order valence-electron chi connectivity index (χ0n) is 10.9. The number of carbonyl (C=O) groups excluding carboxylic acids is 2. The first-order chi connectivity index (χ1) is 7.81. The van der Waals surface area contributed by atoms with Gasteiger partial charge in [0.15, 0.2) is 0 Å². The summed E-state index contributed by atoms with van der Waals surface area (Å²) in [5.41, 5.74) is -0.494. The van der Waals surface area contributed by atoms with Crippen molar-refractivity contribution in [3.05, 3.63) is 0 Å². The molecule has 0 spiro atoms. The van der Waals surface area contributed by atoms with Crippen molar-refractivity contribution in [1.29, 1.82) is 0 Å². The van der Waals surface area contributed by atoms with Crippen molar-refractivity contribution < 1.29 is 19.1 Å². The van der Waals surface area contributed by atoms with Gasteiger partial charge in [0.2, 0.25) is 0 Å².